The van der Waals surface area contributed by atoms with Gasteiger partial charge in [0.05, 0.1) is 0 Å². The molecule has 0 heterocycles. The molecule has 0 aromatic heterocycles. The molecule has 130 valence electrons. The number of ether oxygens (including phenoxy) is 1. The second kappa shape index (κ2) is 9.03. The molecule has 0 saturated heterocycles. The van der Waals surface area contributed by atoms with Crippen LogP contribution in [-0.2, 0) is 16.2 Å². The van der Waals surface area contributed by atoms with Gasteiger partial charge in [0, 0.05) is 16.1 Å². The van der Waals surface area contributed by atoms with Crippen LogP contribution in [0.15, 0.2) is 53.0 Å². The van der Waals surface area contributed by atoms with Crippen molar-refractivity contribution in [3.63, 3.8) is 0 Å². The fourth-order valence-electron chi connectivity index (χ4n) is 2.01. The van der Waals surface area contributed by atoms with Crippen molar-refractivity contribution in [1.82, 2.24) is 5.32 Å². The number of halogens is 1. The first-order valence-corrected chi connectivity index (χ1v) is 8.39. The number of benzene rings is 2. The summed E-state index contributed by atoms with van der Waals surface area (Å²) in [5, 5.41) is 10.8. The number of hydrogen-bond acceptors (Lipinski definition) is 3. The summed E-state index contributed by atoms with van der Waals surface area (Å²) in [6, 6.07) is 13.5. The summed E-state index contributed by atoms with van der Waals surface area (Å²) in [6.45, 7) is 2.02. The largest absolute Gasteiger partial charge is 0.488 e. The molecule has 0 atom stereocenters. The van der Waals surface area contributed by atoms with Crippen LogP contribution in [0.25, 0.3) is 6.08 Å². The van der Waals surface area contributed by atoms with Gasteiger partial charge in [0.1, 0.15) is 18.9 Å². The second-order valence-corrected chi connectivity index (χ2v) is 6.32. The summed E-state index contributed by atoms with van der Waals surface area (Å²) < 4.78 is 6.70. The Labute approximate surface area is 154 Å². The molecule has 0 aliphatic rings. The highest BCUT2D eigenvalue weighted by Crippen LogP contribution is 2.25. The lowest BCUT2D eigenvalue weighted by molar-refractivity contribution is -0.137. The summed E-state index contributed by atoms with van der Waals surface area (Å²) in [6.07, 6.45) is 2.87. The van der Waals surface area contributed by atoms with Gasteiger partial charge >= 0.3 is 5.97 Å². The Morgan fingerprint density at radius 1 is 1.20 bits per heavy atom. The molecule has 0 unspecified atom stereocenters. The third-order valence-corrected chi connectivity index (χ3v) is 3.81. The number of carbonyl (C=O) groups excluding carboxylic acids is 1. The van der Waals surface area contributed by atoms with Crippen LogP contribution in [0, 0.1) is 6.92 Å². The van der Waals surface area contributed by atoms with Crippen LogP contribution < -0.4 is 10.1 Å². The van der Waals surface area contributed by atoms with Crippen molar-refractivity contribution in [2.45, 2.75) is 13.5 Å². The van der Waals surface area contributed by atoms with Gasteiger partial charge in [0.25, 0.3) is 0 Å². The number of amides is 1. The molecular formula is C19H18BrNO4. The molecule has 0 spiro atoms. The molecule has 0 aliphatic carbocycles. The smallest absolute Gasteiger partial charge is 0.322 e. The van der Waals surface area contributed by atoms with Crippen LogP contribution in [0.2, 0.25) is 0 Å². The van der Waals surface area contributed by atoms with E-state index in [0.717, 1.165) is 10.0 Å². The average molecular weight is 404 g/mol. The van der Waals surface area contributed by atoms with E-state index in [2.05, 4.69) is 21.2 Å². The lowest BCUT2D eigenvalue weighted by Gasteiger charge is -2.10. The van der Waals surface area contributed by atoms with E-state index in [1.165, 1.54) is 11.6 Å². The van der Waals surface area contributed by atoms with Crippen molar-refractivity contribution < 1.29 is 19.4 Å². The standard InChI is InChI=1S/C19H18BrNO4/c1-13-2-4-14(5-3-13)12-25-17-8-7-16(20)10-15(17)6-9-18(22)21-11-19(23)24/h2-10H,11-12H2,1H3,(H,21,22)(H,23,24)/b9-6+. The number of carboxylic acid groups (broad SMARTS) is 1. The van der Waals surface area contributed by atoms with Gasteiger partial charge in [0.2, 0.25) is 5.91 Å². The highest BCUT2D eigenvalue weighted by atomic mass is 79.9. The van der Waals surface area contributed by atoms with Crippen LogP contribution in [0.4, 0.5) is 0 Å². The van der Waals surface area contributed by atoms with Crippen molar-refractivity contribution in [3.8, 4) is 5.75 Å². The monoisotopic (exact) mass is 403 g/mol. The normalized spacial score (nSPS) is 10.6. The van der Waals surface area contributed by atoms with Crippen LogP contribution in [0.3, 0.4) is 0 Å². The van der Waals surface area contributed by atoms with Crippen molar-refractivity contribution in [2.75, 3.05) is 6.54 Å². The number of carbonyl (C=O) groups is 2. The number of aryl methyl sites for hydroxylation is 1. The molecule has 5 nitrogen and oxygen atoms in total. The Hall–Kier alpha value is -2.60. The van der Waals surface area contributed by atoms with Crippen LogP contribution >= 0.6 is 15.9 Å². The van der Waals surface area contributed by atoms with Crippen LogP contribution in [-0.4, -0.2) is 23.5 Å². The average Bonchev–Trinajstić information content (AvgIpc) is 2.58. The third kappa shape index (κ3) is 6.43. The highest BCUT2D eigenvalue weighted by molar-refractivity contribution is 9.10. The maximum Gasteiger partial charge on any atom is 0.322 e. The maximum absolute atomic E-state index is 11.6. The van der Waals surface area contributed by atoms with Crippen LogP contribution in [0.5, 0.6) is 5.75 Å². The number of rotatable bonds is 7. The molecule has 0 radical (unpaired) electrons. The van der Waals surface area contributed by atoms with Gasteiger partial charge in [-0.1, -0.05) is 45.8 Å². The summed E-state index contributed by atoms with van der Waals surface area (Å²) >= 11 is 3.39. The van der Waals surface area contributed by atoms with E-state index in [9.17, 15) is 9.59 Å². The minimum atomic E-state index is -1.09. The molecule has 2 aromatic rings. The molecular weight excluding hydrogens is 386 g/mol. The molecule has 0 bridgehead atoms. The van der Waals surface area contributed by atoms with Crippen molar-refractivity contribution >= 4 is 33.9 Å². The number of nitrogens with one attached hydrogen (secondary N) is 1. The van der Waals surface area contributed by atoms with E-state index in [4.69, 9.17) is 9.84 Å². The first-order valence-electron chi connectivity index (χ1n) is 7.59. The SMILES string of the molecule is Cc1ccc(COc2ccc(Br)cc2/C=C/C(=O)NCC(=O)O)cc1. The van der Waals surface area contributed by atoms with E-state index in [1.807, 2.05) is 49.4 Å². The Morgan fingerprint density at radius 2 is 1.92 bits per heavy atom. The lowest BCUT2D eigenvalue weighted by Crippen LogP contribution is -2.27. The topological polar surface area (TPSA) is 75.6 Å². The summed E-state index contributed by atoms with van der Waals surface area (Å²) in [7, 11) is 0. The maximum atomic E-state index is 11.6. The number of aliphatic carboxylic acids is 1. The van der Waals surface area contributed by atoms with Crippen molar-refractivity contribution in [3.05, 3.63) is 69.7 Å². The fraction of sp³-hybridized carbons (Fsp3) is 0.158. The van der Waals surface area contributed by atoms with Crippen molar-refractivity contribution in [1.29, 1.82) is 0 Å². The van der Waals surface area contributed by atoms with Gasteiger partial charge in [-0.15, -0.1) is 0 Å². The zero-order chi connectivity index (χ0) is 18.2. The third-order valence-electron chi connectivity index (χ3n) is 3.31. The summed E-state index contributed by atoms with van der Waals surface area (Å²) in [5.74, 6) is -0.941. The lowest BCUT2D eigenvalue weighted by atomic mass is 10.1. The first kappa shape index (κ1) is 18.7. The van der Waals surface area contributed by atoms with E-state index in [1.54, 1.807) is 6.08 Å². The minimum Gasteiger partial charge on any atom is -0.488 e. The molecule has 2 rings (SSSR count). The Bertz CT molecular complexity index is 785. The van der Waals surface area contributed by atoms with Gasteiger partial charge < -0.3 is 15.2 Å². The van der Waals surface area contributed by atoms with E-state index in [0.29, 0.717) is 17.9 Å². The fourth-order valence-corrected chi connectivity index (χ4v) is 2.39. The van der Waals surface area contributed by atoms with Gasteiger partial charge in [-0.2, -0.15) is 0 Å². The molecule has 1 amide bonds. The van der Waals surface area contributed by atoms with Crippen LogP contribution in [0.1, 0.15) is 16.7 Å². The minimum absolute atomic E-state index is 0.411. The van der Waals surface area contributed by atoms with Gasteiger partial charge in [-0.3, -0.25) is 9.59 Å². The Balaban J connectivity index is 2.07. The quantitative estimate of drug-likeness (QED) is 0.693. The molecule has 6 heteroatoms. The Kier molecular flexibility index (Phi) is 6.77. The molecule has 25 heavy (non-hydrogen) atoms. The van der Waals surface area contributed by atoms with Crippen molar-refractivity contribution in [2.24, 2.45) is 0 Å². The molecule has 2 N–H and O–H groups in total. The number of hydrogen-bond donors (Lipinski definition) is 2. The summed E-state index contributed by atoms with van der Waals surface area (Å²) in [5.41, 5.74) is 2.94. The Morgan fingerprint density at radius 3 is 2.60 bits per heavy atom. The van der Waals surface area contributed by atoms with E-state index in [-0.39, 0.29) is 0 Å². The first-order chi connectivity index (χ1) is 11.9. The van der Waals surface area contributed by atoms with Gasteiger partial charge in [-0.25, -0.2) is 0 Å². The highest BCUT2D eigenvalue weighted by Gasteiger charge is 2.05. The predicted octanol–water partition coefficient (Wildman–Crippen LogP) is 3.55. The van der Waals surface area contributed by atoms with Gasteiger partial charge in [0.15, 0.2) is 0 Å². The molecule has 0 saturated carbocycles. The van der Waals surface area contributed by atoms with E-state index >= 15 is 0 Å². The molecule has 0 fully saturated rings. The van der Waals surface area contributed by atoms with E-state index < -0.39 is 18.4 Å². The zero-order valence-electron chi connectivity index (χ0n) is 13.7. The zero-order valence-corrected chi connectivity index (χ0v) is 15.2. The predicted molar refractivity (Wildman–Crippen MR) is 99.3 cm³/mol. The summed E-state index contributed by atoms with van der Waals surface area (Å²) in [4.78, 5) is 22.1. The van der Waals surface area contributed by atoms with Gasteiger partial charge in [-0.05, 0) is 36.8 Å². The molecule has 2 aromatic carbocycles. The molecule has 0 aliphatic heterocycles. The second-order valence-electron chi connectivity index (χ2n) is 5.40. The number of carboxylic acids is 1.